The maximum atomic E-state index is 5.35. The fraction of sp³-hybridized carbons (Fsp3) is 0.818. The Morgan fingerprint density at radius 2 is 2.08 bits per heavy atom. The van der Waals surface area contributed by atoms with Gasteiger partial charge in [-0.25, -0.2) is 0 Å². The molecule has 0 bridgehead atoms. The van der Waals surface area contributed by atoms with Crippen molar-refractivity contribution >= 4 is 0 Å². The second-order valence-corrected chi connectivity index (χ2v) is 4.41. The quantitative estimate of drug-likeness (QED) is 0.641. The molecule has 0 saturated heterocycles. The van der Waals surface area contributed by atoms with Gasteiger partial charge in [0.25, 0.3) is 0 Å². The third kappa shape index (κ3) is 6.79. The van der Waals surface area contributed by atoms with E-state index in [-0.39, 0.29) is 5.60 Å². The Hall–Kier alpha value is -0.340. The van der Waals surface area contributed by atoms with Crippen LogP contribution in [-0.2, 0) is 4.74 Å². The van der Waals surface area contributed by atoms with Gasteiger partial charge < -0.3 is 10.1 Å². The predicted molar refractivity (Wildman–Crippen MR) is 58.0 cm³/mol. The van der Waals surface area contributed by atoms with Gasteiger partial charge in [-0.15, -0.1) is 0 Å². The molecule has 1 atom stereocenters. The van der Waals surface area contributed by atoms with Crippen LogP contribution in [0.4, 0.5) is 0 Å². The van der Waals surface area contributed by atoms with Crippen LogP contribution in [0.3, 0.4) is 0 Å². The van der Waals surface area contributed by atoms with Crippen LogP contribution >= 0.6 is 0 Å². The van der Waals surface area contributed by atoms with Crippen molar-refractivity contribution in [3.63, 3.8) is 0 Å². The summed E-state index contributed by atoms with van der Waals surface area (Å²) in [5, 5.41) is 3.39. The van der Waals surface area contributed by atoms with Crippen molar-refractivity contribution in [2.45, 2.75) is 45.8 Å². The van der Waals surface area contributed by atoms with Gasteiger partial charge in [-0.2, -0.15) is 0 Å². The molecule has 2 nitrogen and oxygen atoms in total. The number of rotatable bonds is 6. The summed E-state index contributed by atoms with van der Waals surface area (Å²) in [6.07, 6.45) is 1.01. The Morgan fingerprint density at radius 3 is 2.46 bits per heavy atom. The molecule has 0 spiro atoms. The zero-order valence-electron chi connectivity index (χ0n) is 9.61. The standard InChI is InChI=1S/C11H23NO/c1-9(2)8-12-10(3)7-11(4,5)13-6/h10,12H,1,7-8H2,2-6H3. The molecule has 0 aromatic rings. The summed E-state index contributed by atoms with van der Waals surface area (Å²) in [4.78, 5) is 0. The Morgan fingerprint density at radius 1 is 1.54 bits per heavy atom. The van der Waals surface area contributed by atoms with Crippen molar-refractivity contribution < 1.29 is 4.74 Å². The molecule has 0 saturated carbocycles. The molecule has 0 aliphatic rings. The van der Waals surface area contributed by atoms with Gasteiger partial charge in [0.05, 0.1) is 5.60 Å². The van der Waals surface area contributed by atoms with Crippen LogP contribution in [0.25, 0.3) is 0 Å². The summed E-state index contributed by atoms with van der Waals surface area (Å²) >= 11 is 0. The Balaban J connectivity index is 3.73. The molecule has 0 heterocycles. The van der Waals surface area contributed by atoms with E-state index in [0.29, 0.717) is 6.04 Å². The molecular weight excluding hydrogens is 162 g/mol. The van der Waals surface area contributed by atoms with Crippen molar-refractivity contribution in [3.8, 4) is 0 Å². The number of nitrogens with one attached hydrogen (secondary N) is 1. The van der Waals surface area contributed by atoms with Crippen LogP contribution in [0.2, 0.25) is 0 Å². The van der Waals surface area contributed by atoms with E-state index in [1.165, 1.54) is 5.57 Å². The molecule has 2 heteroatoms. The normalized spacial score (nSPS) is 14.2. The average Bonchev–Trinajstić information content (AvgIpc) is 2.00. The van der Waals surface area contributed by atoms with Crippen LogP contribution in [-0.4, -0.2) is 25.3 Å². The van der Waals surface area contributed by atoms with Gasteiger partial charge in [-0.1, -0.05) is 12.2 Å². The summed E-state index contributed by atoms with van der Waals surface area (Å²) < 4.78 is 5.35. The largest absolute Gasteiger partial charge is 0.379 e. The summed E-state index contributed by atoms with van der Waals surface area (Å²) in [6, 6.07) is 0.464. The molecule has 1 N–H and O–H groups in total. The highest BCUT2D eigenvalue weighted by atomic mass is 16.5. The van der Waals surface area contributed by atoms with Gasteiger partial charge in [-0.3, -0.25) is 0 Å². The van der Waals surface area contributed by atoms with Gasteiger partial charge >= 0.3 is 0 Å². The highest BCUT2D eigenvalue weighted by Crippen LogP contribution is 2.15. The molecule has 0 aromatic heterocycles. The summed E-state index contributed by atoms with van der Waals surface area (Å²) in [5.41, 5.74) is 1.13. The third-order valence-electron chi connectivity index (χ3n) is 2.10. The Bertz CT molecular complexity index is 163. The van der Waals surface area contributed by atoms with Crippen molar-refractivity contribution in [1.82, 2.24) is 5.32 Å². The van der Waals surface area contributed by atoms with Crippen LogP contribution < -0.4 is 5.32 Å². The first kappa shape index (κ1) is 12.7. The highest BCUT2D eigenvalue weighted by molar-refractivity contribution is 4.91. The van der Waals surface area contributed by atoms with Crippen LogP contribution in [0.15, 0.2) is 12.2 Å². The lowest BCUT2D eigenvalue weighted by Gasteiger charge is -2.27. The minimum atomic E-state index is -0.0402. The van der Waals surface area contributed by atoms with E-state index in [0.717, 1.165) is 13.0 Å². The topological polar surface area (TPSA) is 21.3 Å². The first-order chi connectivity index (χ1) is 5.87. The SMILES string of the molecule is C=C(C)CNC(C)CC(C)(C)OC. The average molecular weight is 185 g/mol. The molecular formula is C11H23NO. The van der Waals surface area contributed by atoms with Gasteiger partial charge in [0.1, 0.15) is 0 Å². The maximum absolute atomic E-state index is 5.35. The number of hydrogen-bond donors (Lipinski definition) is 1. The Kier molecular flexibility index (Phi) is 5.26. The zero-order chi connectivity index (χ0) is 10.5. The molecule has 0 aromatic carbocycles. The van der Waals surface area contributed by atoms with Gasteiger partial charge in [-0.05, 0) is 34.1 Å². The van der Waals surface area contributed by atoms with Crippen LogP contribution in [0, 0.1) is 0 Å². The molecule has 0 radical (unpaired) electrons. The van der Waals surface area contributed by atoms with Gasteiger partial charge in [0, 0.05) is 19.7 Å². The first-order valence-corrected chi connectivity index (χ1v) is 4.80. The monoisotopic (exact) mass is 185 g/mol. The lowest BCUT2D eigenvalue weighted by Crippen LogP contribution is -2.36. The van der Waals surface area contributed by atoms with E-state index in [1.54, 1.807) is 7.11 Å². The first-order valence-electron chi connectivity index (χ1n) is 4.80. The van der Waals surface area contributed by atoms with Crippen molar-refractivity contribution in [3.05, 3.63) is 12.2 Å². The van der Waals surface area contributed by atoms with Crippen molar-refractivity contribution in [2.75, 3.05) is 13.7 Å². The van der Waals surface area contributed by atoms with Crippen LogP contribution in [0.5, 0.6) is 0 Å². The minimum absolute atomic E-state index is 0.0402. The van der Waals surface area contributed by atoms with Crippen molar-refractivity contribution in [2.24, 2.45) is 0 Å². The molecule has 0 rings (SSSR count). The van der Waals surface area contributed by atoms with E-state index in [4.69, 9.17) is 4.74 Å². The fourth-order valence-electron chi connectivity index (χ4n) is 1.24. The van der Waals surface area contributed by atoms with E-state index in [2.05, 4.69) is 32.7 Å². The van der Waals surface area contributed by atoms with E-state index in [1.807, 2.05) is 6.92 Å². The maximum Gasteiger partial charge on any atom is 0.0637 e. The molecule has 0 fully saturated rings. The summed E-state index contributed by atoms with van der Waals surface area (Å²) in [6.45, 7) is 13.1. The van der Waals surface area contributed by atoms with Crippen molar-refractivity contribution in [1.29, 1.82) is 0 Å². The molecule has 0 aliphatic heterocycles. The summed E-state index contributed by atoms with van der Waals surface area (Å²) in [5.74, 6) is 0. The van der Waals surface area contributed by atoms with Gasteiger partial charge in [0.2, 0.25) is 0 Å². The second kappa shape index (κ2) is 5.40. The highest BCUT2D eigenvalue weighted by Gasteiger charge is 2.19. The zero-order valence-corrected chi connectivity index (χ0v) is 9.61. The predicted octanol–water partition coefficient (Wildman–Crippen LogP) is 2.36. The second-order valence-electron chi connectivity index (χ2n) is 4.41. The summed E-state index contributed by atoms with van der Waals surface area (Å²) in [7, 11) is 1.76. The molecule has 1 unspecified atom stereocenters. The lowest BCUT2D eigenvalue weighted by atomic mass is 10.00. The van der Waals surface area contributed by atoms with Gasteiger partial charge in [0.15, 0.2) is 0 Å². The van der Waals surface area contributed by atoms with E-state index >= 15 is 0 Å². The smallest absolute Gasteiger partial charge is 0.0637 e. The molecule has 13 heavy (non-hydrogen) atoms. The molecule has 0 amide bonds. The van der Waals surface area contributed by atoms with Crippen LogP contribution in [0.1, 0.15) is 34.1 Å². The van der Waals surface area contributed by atoms with E-state index < -0.39 is 0 Å². The lowest BCUT2D eigenvalue weighted by molar-refractivity contribution is 0.00881. The fourth-order valence-corrected chi connectivity index (χ4v) is 1.24. The number of hydrogen-bond acceptors (Lipinski definition) is 2. The van der Waals surface area contributed by atoms with E-state index in [9.17, 15) is 0 Å². The Labute approximate surface area is 82.4 Å². The number of methoxy groups -OCH3 is 1. The molecule has 0 aliphatic carbocycles. The molecule has 78 valence electrons. The number of ether oxygens (including phenoxy) is 1. The minimum Gasteiger partial charge on any atom is -0.379 e. The third-order valence-corrected chi connectivity index (χ3v) is 2.10.